The van der Waals surface area contributed by atoms with Crippen LogP contribution in [0.1, 0.15) is 18.8 Å². The van der Waals surface area contributed by atoms with Gasteiger partial charge in [0.1, 0.15) is 5.82 Å². The van der Waals surface area contributed by atoms with Crippen molar-refractivity contribution in [2.45, 2.75) is 13.0 Å². The van der Waals surface area contributed by atoms with Crippen molar-refractivity contribution in [2.75, 3.05) is 5.32 Å². The first-order chi connectivity index (χ1) is 6.77. The van der Waals surface area contributed by atoms with Crippen LogP contribution in [0.4, 0.5) is 5.69 Å². The van der Waals surface area contributed by atoms with Crippen LogP contribution in [0.3, 0.4) is 0 Å². The second kappa shape index (κ2) is 3.53. The van der Waals surface area contributed by atoms with E-state index < -0.39 is 0 Å². The van der Waals surface area contributed by atoms with Gasteiger partial charge in [-0.05, 0) is 6.92 Å². The molecule has 2 rings (SSSR count). The van der Waals surface area contributed by atoms with E-state index in [2.05, 4.69) is 27.4 Å². The zero-order valence-corrected chi connectivity index (χ0v) is 8.23. The Morgan fingerprint density at radius 1 is 1.57 bits per heavy atom. The predicted octanol–water partition coefficient (Wildman–Crippen LogP) is 1.32. The minimum Gasteiger partial charge on any atom is -0.373 e. The van der Waals surface area contributed by atoms with E-state index in [0.29, 0.717) is 0 Å². The Bertz CT molecular complexity index is 389. The number of hydrogen-bond donors (Lipinski definition) is 2. The number of anilines is 1. The van der Waals surface area contributed by atoms with Crippen molar-refractivity contribution in [3.63, 3.8) is 0 Å². The minimum absolute atomic E-state index is 0.174. The van der Waals surface area contributed by atoms with Crippen LogP contribution in [0.5, 0.6) is 0 Å². The molecular formula is C9H13N5. The molecule has 0 aromatic carbocycles. The largest absolute Gasteiger partial charge is 0.373 e. The highest BCUT2D eigenvalue weighted by Gasteiger charge is 2.09. The predicted molar refractivity (Wildman–Crippen MR) is 53.8 cm³/mol. The number of aromatic nitrogens is 4. The first-order valence-corrected chi connectivity index (χ1v) is 4.50. The molecule has 14 heavy (non-hydrogen) atoms. The van der Waals surface area contributed by atoms with Crippen molar-refractivity contribution in [1.82, 2.24) is 19.7 Å². The number of rotatable bonds is 3. The Labute approximate surface area is 82.2 Å². The van der Waals surface area contributed by atoms with E-state index in [1.165, 1.54) is 0 Å². The van der Waals surface area contributed by atoms with Gasteiger partial charge in [-0.15, -0.1) is 0 Å². The van der Waals surface area contributed by atoms with Gasteiger partial charge in [0.05, 0.1) is 17.9 Å². The zero-order chi connectivity index (χ0) is 9.97. The fraction of sp³-hybridized carbons (Fsp3) is 0.333. The number of nitrogens with one attached hydrogen (secondary N) is 2. The van der Waals surface area contributed by atoms with Crippen LogP contribution < -0.4 is 5.32 Å². The SMILES string of the molecule is CC(Nc1cn[nH]c1)c1nccn1C. The molecular weight excluding hydrogens is 178 g/mol. The molecule has 0 saturated heterocycles. The molecule has 0 fully saturated rings. The van der Waals surface area contributed by atoms with Crippen LogP contribution >= 0.6 is 0 Å². The van der Waals surface area contributed by atoms with Gasteiger partial charge in [0, 0.05) is 25.6 Å². The summed E-state index contributed by atoms with van der Waals surface area (Å²) in [6.07, 6.45) is 7.30. The number of H-pyrrole nitrogens is 1. The first-order valence-electron chi connectivity index (χ1n) is 4.50. The van der Waals surface area contributed by atoms with E-state index >= 15 is 0 Å². The summed E-state index contributed by atoms with van der Waals surface area (Å²) in [7, 11) is 1.98. The van der Waals surface area contributed by atoms with Crippen molar-refractivity contribution < 1.29 is 0 Å². The van der Waals surface area contributed by atoms with E-state index in [-0.39, 0.29) is 6.04 Å². The standard InChI is InChI=1S/C9H13N5/c1-7(9-10-3-4-14(9)2)13-8-5-11-12-6-8/h3-7,13H,1-2H3,(H,11,12). The highest BCUT2D eigenvalue weighted by molar-refractivity contribution is 5.39. The quantitative estimate of drug-likeness (QED) is 0.769. The maximum atomic E-state index is 4.27. The lowest BCUT2D eigenvalue weighted by molar-refractivity contribution is 0.722. The lowest BCUT2D eigenvalue weighted by Crippen LogP contribution is -2.11. The third-order valence-electron chi connectivity index (χ3n) is 2.13. The molecule has 0 aliphatic rings. The lowest BCUT2D eigenvalue weighted by atomic mass is 10.3. The van der Waals surface area contributed by atoms with Crippen LogP contribution in [0.2, 0.25) is 0 Å². The van der Waals surface area contributed by atoms with Crippen molar-refractivity contribution in [3.05, 3.63) is 30.6 Å². The summed E-state index contributed by atoms with van der Waals surface area (Å²) in [4.78, 5) is 4.27. The summed E-state index contributed by atoms with van der Waals surface area (Å²) in [5, 5.41) is 9.91. The van der Waals surface area contributed by atoms with E-state index in [1.54, 1.807) is 12.4 Å². The number of aromatic amines is 1. The van der Waals surface area contributed by atoms with E-state index in [9.17, 15) is 0 Å². The summed E-state index contributed by atoms with van der Waals surface area (Å²) < 4.78 is 2.00. The Morgan fingerprint density at radius 2 is 2.43 bits per heavy atom. The van der Waals surface area contributed by atoms with Gasteiger partial charge in [0.25, 0.3) is 0 Å². The normalized spacial score (nSPS) is 12.7. The van der Waals surface area contributed by atoms with Gasteiger partial charge in [-0.1, -0.05) is 0 Å². The molecule has 2 N–H and O–H groups in total. The molecule has 0 saturated carbocycles. The van der Waals surface area contributed by atoms with Gasteiger partial charge in [-0.25, -0.2) is 4.98 Å². The van der Waals surface area contributed by atoms with Crippen molar-refractivity contribution in [3.8, 4) is 0 Å². The summed E-state index contributed by atoms with van der Waals surface area (Å²) >= 11 is 0. The molecule has 2 aromatic rings. The molecule has 0 bridgehead atoms. The maximum Gasteiger partial charge on any atom is 0.130 e. The maximum absolute atomic E-state index is 4.27. The summed E-state index contributed by atoms with van der Waals surface area (Å²) in [6.45, 7) is 2.06. The third kappa shape index (κ3) is 1.61. The van der Waals surface area contributed by atoms with Crippen molar-refractivity contribution in [2.24, 2.45) is 7.05 Å². The van der Waals surface area contributed by atoms with Crippen LogP contribution in [0, 0.1) is 0 Å². The Kier molecular flexibility index (Phi) is 2.22. The van der Waals surface area contributed by atoms with E-state index in [1.807, 2.05) is 24.0 Å². The van der Waals surface area contributed by atoms with Gasteiger partial charge in [0.15, 0.2) is 0 Å². The summed E-state index contributed by atoms with van der Waals surface area (Å²) in [5.41, 5.74) is 0.973. The average Bonchev–Trinajstić information content (AvgIpc) is 2.75. The van der Waals surface area contributed by atoms with E-state index in [4.69, 9.17) is 0 Å². The topological polar surface area (TPSA) is 58.5 Å². The van der Waals surface area contributed by atoms with Gasteiger partial charge < -0.3 is 9.88 Å². The van der Waals surface area contributed by atoms with Crippen LogP contribution in [0.25, 0.3) is 0 Å². The molecule has 0 radical (unpaired) electrons. The molecule has 2 heterocycles. The molecule has 5 nitrogen and oxygen atoms in total. The number of imidazole rings is 1. The molecule has 0 aliphatic heterocycles. The molecule has 1 atom stereocenters. The van der Waals surface area contributed by atoms with Gasteiger partial charge >= 0.3 is 0 Å². The monoisotopic (exact) mass is 191 g/mol. The molecule has 0 aliphatic carbocycles. The Morgan fingerprint density at radius 3 is 3.00 bits per heavy atom. The summed E-state index contributed by atoms with van der Waals surface area (Å²) in [5.74, 6) is 1.01. The third-order valence-corrected chi connectivity index (χ3v) is 2.13. The van der Waals surface area contributed by atoms with Crippen LogP contribution in [-0.2, 0) is 7.05 Å². The van der Waals surface area contributed by atoms with Crippen molar-refractivity contribution >= 4 is 5.69 Å². The highest BCUT2D eigenvalue weighted by Crippen LogP contribution is 2.15. The molecule has 0 spiro atoms. The molecule has 0 amide bonds. The zero-order valence-electron chi connectivity index (χ0n) is 8.23. The van der Waals surface area contributed by atoms with E-state index in [0.717, 1.165) is 11.5 Å². The van der Waals surface area contributed by atoms with Gasteiger partial charge in [0.2, 0.25) is 0 Å². The van der Waals surface area contributed by atoms with Crippen LogP contribution in [-0.4, -0.2) is 19.7 Å². The number of hydrogen-bond acceptors (Lipinski definition) is 3. The second-order valence-corrected chi connectivity index (χ2v) is 3.25. The second-order valence-electron chi connectivity index (χ2n) is 3.25. The van der Waals surface area contributed by atoms with Gasteiger partial charge in [-0.3, -0.25) is 5.10 Å². The molecule has 5 heteroatoms. The highest BCUT2D eigenvalue weighted by atomic mass is 15.1. The number of nitrogens with zero attached hydrogens (tertiary/aromatic N) is 3. The fourth-order valence-corrected chi connectivity index (χ4v) is 1.44. The molecule has 74 valence electrons. The summed E-state index contributed by atoms with van der Waals surface area (Å²) in [6, 6.07) is 0.174. The Hall–Kier alpha value is -1.78. The number of aryl methyl sites for hydroxylation is 1. The first kappa shape index (κ1) is 8.80. The smallest absolute Gasteiger partial charge is 0.130 e. The van der Waals surface area contributed by atoms with Crippen molar-refractivity contribution in [1.29, 1.82) is 0 Å². The fourth-order valence-electron chi connectivity index (χ4n) is 1.44. The van der Waals surface area contributed by atoms with Crippen LogP contribution in [0.15, 0.2) is 24.8 Å². The minimum atomic E-state index is 0.174. The molecule has 2 aromatic heterocycles. The van der Waals surface area contributed by atoms with Gasteiger partial charge in [-0.2, -0.15) is 5.10 Å². The average molecular weight is 191 g/mol. The lowest BCUT2D eigenvalue weighted by Gasteiger charge is -2.12. The molecule has 1 unspecified atom stereocenters. The Balaban J connectivity index is 2.10.